The molecule has 3 nitrogen and oxygen atoms in total. The Hall–Kier alpha value is -2.16. The van der Waals surface area contributed by atoms with Gasteiger partial charge in [-0.2, -0.15) is 10.2 Å². The maximum Gasteiger partial charge on any atom is 0.0849 e. The SMILES string of the molecule is CCc1cc2c3cc(CN=NC)ccc3n(CC)c2cc1C. The van der Waals surface area contributed by atoms with Crippen molar-refractivity contribution >= 4 is 21.8 Å². The zero-order valence-electron chi connectivity index (χ0n) is 13.8. The lowest BCUT2D eigenvalue weighted by molar-refractivity contribution is 0.826. The lowest BCUT2D eigenvalue weighted by atomic mass is 10.0. The normalized spacial score (nSPS) is 12.0. The zero-order valence-corrected chi connectivity index (χ0v) is 13.8. The van der Waals surface area contributed by atoms with Gasteiger partial charge in [0, 0.05) is 35.4 Å². The van der Waals surface area contributed by atoms with E-state index < -0.39 is 0 Å². The minimum absolute atomic E-state index is 0.651. The van der Waals surface area contributed by atoms with Gasteiger partial charge in [0.25, 0.3) is 0 Å². The molecule has 0 aliphatic heterocycles. The van der Waals surface area contributed by atoms with E-state index in [9.17, 15) is 0 Å². The third-order valence-corrected chi connectivity index (χ3v) is 4.48. The number of fused-ring (bicyclic) bond motifs is 3. The fourth-order valence-electron chi connectivity index (χ4n) is 3.31. The third kappa shape index (κ3) is 2.31. The van der Waals surface area contributed by atoms with E-state index >= 15 is 0 Å². The molecule has 0 fully saturated rings. The van der Waals surface area contributed by atoms with Crippen LogP contribution in [-0.4, -0.2) is 11.6 Å². The number of aromatic nitrogens is 1. The number of hydrogen-bond donors (Lipinski definition) is 0. The van der Waals surface area contributed by atoms with E-state index in [0.717, 1.165) is 13.0 Å². The molecule has 0 amide bonds. The summed E-state index contributed by atoms with van der Waals surface area (Å²) in [6.07, 6.45) is 1.07. The van der Waals surface area contributed by atoms with Crippen LogP contribution in [0.15, 0.2) is 40.6 Å². The number of nitrogens with zero attached hydrogens (tertiary/aromatic N) is 3. The van der Waals surface area contributed by atoms with Crippen LogP contribution in [0, 0.1) is 6.92 Å². The molecule has 0 unspecified atom stereocenters. The predicted octanol–water partition coefficient (Wildman–Crippen LogP) is 5.27. The van der Waals surface area contributed by atoms with Gasteiger partial charge in [0.1, 0.15) is 0 Å². The Morgan fingerprint density at radius 2 is 1.77 bits per heavy atom. The van der Waals surface area contributed by atoms with Crippen molar-refractivity contribution < 1.29 is 0 Å². The summed E-state index contributed by atoms with van der Waals surface area (Å²) < 4.78 is 2.40. The van der Waals surface area contributed by atoms with Crippen molar-refractivity contribution in [2.75, 3.05) is 7.05 Å². The number of benzene rings is 2. The summed E-state index contributed by atoms with van der Waals surface area (Å²) in [5, 5.41) is 10.7. The smallest absolute Gasteiger partial charge is 0.0849 e. The van der Waals surface area contributed by atoms with Gasteiger partial charge in [-0.1, -0.05) is 13.0 Å². The maximum atomic E-state index is 4.12. The van der Waals surface area contributed by atoms with Gasteiger partial charge in [-0.25, -0.2) is 0 Å². The third-order valence-electron chi connectivity index (χ3n) is 4.48. The second-order valence-corrected chi connectivity index (χ2v) is 5.74. The Morgan fingerprint density at radius 1 is 1.00 bits per heavy atom. The fourth-order valence-corrected chi connectivity index (χ4v) is 3.31. The Kier molecular flexibility index (Phi) is 3.97. The molecule has 0 radical (unpaired) electrons. The minimum atomic E-state index is 0.651. The van der Waals surface area contributed by atoms with Gasteiger partial charge in [-0.15, -0.1) is 0 Å². The van der Waals surface area contributed by atoms with Crippen LogP contribution in [0.2, 0.25) is 0 Å². The van der Waals surface area contributed by atoms with E-state index in [0.29, 0.717) is 6.54 Å². The molecule has 114 valence electrons. The molecule has 1 aromatic heterocycles. The second kappa shape index (κ2) is 5.91. The highest BCUT2D eigenvalue weighted by molar-refractivity contribution is 6.08. The van der Waals surface area contributed by atoms with Gasteiger partial charge in [0.05, 0.1) is 6.54 Å². The van der Waals surface area contributed by atoms with E-state index in [-0.39, 0.29) is 0 Å². The Balaban J connectivity index is 2.33. The number of hydrogen-bond acceptors (Lipinski definition) is 2. The van der Waals surface area contributed by atoms with Crippen LogP contribution in [0.4, 0.5) is 0 Å². The van der Waals surface area contributed by atoms with Crippen LogP contribution in [-0.2, 0) is 19.5 Å². The van der Waals surface area contributed by atoms with Gasteiger partial charge in [-0.3, -0.25) is 0 Å². The average Bonchev–Trinajstić information content (AvgIpc) is 2.83. The quantitative estimate of drug-likeness (QED) is 0.587. The molecule has 22 heavy (non-hydrogen) atoms. The van der Waals surface area contributed by atoms with Gasteiger partial charge in [0.2, 0.25) is 0 Å². The Bertz CT molecular complexity index is 856. The first kappa shape index (κ1) is 14.8. The molecular weight excluding hydrogens is 270 g/mol. The van der Waals surface area contributed by atoms with E-state index in [1.54, 1.807) is 7.05 Å². The number of rotatable bonds is 4. The van der Waals surface area contributed by atoms with E-state index in [2.05, 4.69) is 65.9 Å². The molecule has 2 aromatic carbocycles. The maximum absolute atomic E-state index is 4.12. The van der Waals surface area contributed by atoms with Crippen LogP contribution in [0.5, 0.6) is 0 Å². The molecule has 0 N–H and O–H groups in total. The largest absolute Gasteiger partial charge is 0.341 e. The summed E-state index contributed by atoms with van der Waals surface area (Å²) in [7, 11) is 1.72. The molecule has 0 saturated heterocycles. The van der Waals surface area contributed by atoms with Crippen molar-refractivity contribution in [1.29, 1.82) is 0 Å². The van der Waals surface area contributed by atoms with Crippen LogP contribution < -0.4 is 0 Å². The number of aryl methyl sites for hydroxylation is 3. The van der Waals surface area contributed by atoms with Crippen molar-refractivity contribution in [3.8, 4) is 0 Å². The van der Waals surface area contributed by atoms with Gasteiger partial charge >= 0.3 is 0 Å². The topological polar surface area (TPSA) is 29.6 Å². The predicted molar refractivity (Wildman–Crippen MR) is 93.7 cm³/mol. The second-order valence-electron chi connectivity index (χ2n) is 5.74. The van der Waals surface area contributed by atoms with Crippen molar-refractivity contribution in [2.24, 2.45) is 10.2 Å². The first-order valence-electron chi connectivity index (χ1n) is 7.99. The first-order valence-corrected chi connectivity index (χ1v) is 7.99. The van der Waals surface area contributed by atoms with Crippen molar-refractivity contribution in [1.82, 2.24) is 4.57 Å². The fraction of sp³-hybridized carbons (Fsp3) is 0.368. The molecule has 0 aliphatic carbocycles. The summed E-state index contributed by atoms with van der Waals surface area (Å²) in [4.78, 5) is 0. The summed E-state index contributed by atoms with van der Waals surface area (Å²) in [6.45, 7) is 8.28. The Labute approximate surface area is 131 Å². The van der Waals surface area contributed by atoms with Gasteiger partial charge in [0.15, 0.2) is 0 Å². The van der Waals surface area contributed by atoms with Crippen LogP contribution in [0.25, 0.3) is 21.8 Å². The molecule has 3 heteroatoms. The molecule has 3 rings (SSSR count). The van der Waals surface area contributed by atoms with E-state index in [1.165, 1.54) is 38.5 Å². The molecular formula is C19H23N3. The standard InChI is InChI=1S/C19H23N3/c1-5-15-11-17-16-10-14(12-21-20-4)7-8-18(16)22(6-2)19(17)9-13(15)3/h7-11H,5-6,12H2,1-4H3. The van der Waals surface area contributed by atoms with Gasteiger partial charge in [-0.05, 0) is 61.2 Å². The number of azo groups is 1. The zero-order chi connectivity index (χ0) is 15.7. The molecule has 0 bridgehead atoms. The lowest BCUT2D eigenvalue weighted by Crippen LogP contribution is -1.94. The molecule has 1 heterocycles. The lowest BCUT2D eigenvalue weighted by Gasteiger charge is -2.06. The van der Waals surface area contributed by atoms with Crippen molar-refractivity contribution in [3.05, 3.63) is 47.0 Å². The molecule has 3 aromatic rings. The highest BCUT2D eigenvalue weighted by atomic mass is 15.1. The van der Waals surface area contributed by atoms with Gasteiger partial charge < -0.3 is 4.57 Å². The van der Waals surface area contributed by atoms with Crippen LogP contribution in [0.3, 0.4) is 0 Å². The van der Waals surface area contributed by atoms with Crippen LogP contribution >= 0.6 is 0 Å². The average molecular weight is 293 g/mol. The molecule has 0 atom stereocenters. The van der Waals surface area contributed by atoms with Crippen molar-refractivity contribution in [2.45, 2.75) is 40.3 Å². The molecule has 0 aliphatic rings. The summed E-state index contributed by atoms with van der Waals surface area (Å²) in [6, 6.07) is 11.4. The highest BCUT2D eigenvalue weighted by Gasteiger charge is 2.12. The monoisotopic (exact) mass is 293 g/mol. The Morgan fingerprint density at radius 3 is 2.45 bits per heavy atom. The molecule has 0 spiro atoms. The van der Waals surface area contributed by atoms with Crippen molar-refractivity contribution in [3.63, 3.8) is 0 Å². The van der Waals surface area contributed by atoms with Crippen LogP contribution in [0.1, 0.15) is 30.5 Å². The summed E-state index contributed by atoms with van der Waals surface area (Å²) in [5.74, 6) is 0. The highest BCUT2D eigenvalue weighted by Crippen LogP contribution is 2.32. The first-order chi connectivity index (χ1) is 10.7. The van der Waals surface area contributed by atoms with E-state index in [1.807, 2.05) is 0 Å². The minimum Gasteiger partial charge on any atom is -0.341 e. The van der Waals surface area contributed by atoms with E-state index in [4.69, 9.17) is 0 Å². The molecule has 0 saturated carbocycles. The summed E-state index contributed by atoms with van der Waals surface area (Å²) in [5.41, 5.74) is 6.67. The summed E-state index contributed by atoms with van der Waals surface area (Å²) >= 11 is 0.